The maximum Gasteiger partial charge on any atom is 0.0679 e. The summed E-state index contributed by atoms with van der Waals surface area (Å²) in [6.07, 6.45) is 5.77. The number of hydrogen-bond donors (Lipinski definition) is 2. The fourth-order valence-corrected chi connectivity index (χ4v) is 5.36. The Morgan fingerprint density at radius 3 is 1.24 bits per heavy atom. The Morgan fingerprint density at radius 2 is 1.00 bits per heavy atom. The van der Waals surface area contributed by atoms with Crippen LogP contribution in [0.3, 0.4) is 0 Å². The lowest BCUT2D eigenvalue weighted by molar-refractivity contribution is -0.0365. The summed E-state index contributed by atoms with van der Waals surface area (Å²) in [6.45, 7) is 21.9. The molecule has 0 fully saturated rings. The van der Waals surface area contributed by atoms with Crippen molar-refractivity contribution in [1.29, 1.82) is 0 Å². The molecule has 0 aromatic heterocycles. The van der Waals surface area contributed by atoms with Gasteiger partial charge >= 0.3 is 0 Å². The largest absolute Gasteiger partial charge is 0.392 e. The molecule has 0 aromatic carbocycles. The van der Waals surface area contributed by atoms with Crippen molar-refractivity contribution < 1.29 is 10.2 Å². The van der Waals surface area contributed by atoms with Crippen LogP contribution in [-0.4, -0.2) is 22.4 Å². The van der Waals surface area contributed by atoms with Crippen molar-refractivity contribution in [2.75, 3.05) is 0 Å². The summed E-state index contributed by atoms with van der Waals surface area (Å²) < 4.78 is 0. The maximum atomic E-state index is 10.8. The van der Waals surface area contributed by atoms with Gasteiger partial charge in [0.1, 0.15) is 0 Å². The van der Waals surface area contributed by atoms with Gasteiger partial charge in [-0.2, -0.15) is 0 Å². The third kappa shape index (κ3) is 3.49. The molecule has 2 aliphatic carbocycles. The third-order valence-corrected chi connectivity index (χ3v) is 6.88. The lowest BCUT2D eigenvalue weighted by Crippen LogP contribution is -2.48. The Labute approximate surface area is 155 Å². The molecule has 2 heteroatoms. The van der Waals surface area contributed by atoms with Gasteiger partial charge in [-0.1, -0.05) is 92.5 Å². The van der Waals surface area contributed by atoms with Crippen molar-refractivity contribution in [2.24, 2.45) is 27.1 Å². The van der Waals surface area contributed by atoms with E-state index >= 15 is 0 Å². The second-order valence-electron chi connectivity index (χ2n) is 11.7. The number of hydrogen-bond acceptors (Lipinski definition) is 2. The molecule has 0 amide bonds. The van der Waals surface area contributed by atoms with Gasteiger partial charge in [0.05, 0.1) is 12.2 Å². The summed E-state index contributed by atoms with van der Waals surface area (Å²) >= 11 is 0. The molecule has 0 radical (unpaired) electrons. The molecule has 2 aliphatic rings. The lowest BCUT2D eigenvalue weighted by atomic mass is 9.55. The van der Waals surface area contributed by atoms with E-state index in [0.29, 0.717) is 0 Å². The van der Waals surface area contributed by atoms with Crippen LogP contribution in [0, 0.1) is 27.1 Å². The van der Waals surface area contributed by atoms with Gasteiger partial charge in [-0.05, 0) is 23.7 Å². The standard InChI is InChI=1S/C23H40O2/c1-19(2)11-15(12-20(3,4)17(19)24)23(9,10)16-13-21(5,6)18(25)22(7,8)14-16/h11,13,17-18,24-25H,12,14H2,1-10H3. The molecule has 0 saturated heterocycles. The minimum atomic E-state index is -0.338. The van der Waals surface area contributed by atoms with Crippen molar-refractivity contribution in [2.45, 2.75) is 94.3 Å². The highest BCUT2D eigenvalue weighted by molar-refractivity contribution is 5.36. The summed E-state index contributed by atoms with van der Waals surface area (Å²) in [5, 5.41) is 21.5. The predicted octanol–water partition coefficient (Wildman–Crippen LogP) is 5.50. The van der Waals surface area contributed by atoms with Gasteiger partial charge in [0.25, 0.3) is 0 Å². The lowest BCUT2D eigenvalue weighted by Gasteiger charge is -2.51. The number of allylic oxidation sites excluding steroid dienone is 2. The Hall–Kier alpha value is -0.600. The van der Waals surface area contributed by atoms with Crippen LogP contribution in [0.25, 0.3) is 0 Å². The van der Waals surface area contributed by atoms with Crippen molar-refractivity contribution in [3.63, 3.8) is 0 Å². The summed E-state index contributed by atoms with van der Waals surface area (Å²) in [4.78, 5) is 0. The third-order valence-electron chi connectivity index (χ3n) is 6.88. The topological polar surface area (TPSA) is 40.5 Å². The first kappa shape index (κ1) is 20.7. The normalized spacial score (nSPS) is 33.4. The molecule has 2 nitrogen and oxygen atoms in total. The van der Waals surface area contributed by atoms with Crippen molar-refractivity contribution >= 4 is 0 Å². The second kappa shape index (κ2) is 5.70. The van der Waals surface area contributed by atoms with Crippen LogP contribution in [-0.2, 0) is 0 Å². The molecule has 0 spiro atoms. The van der Waals surface area contributed by atoms with Crippen LogP contribution in [0.4, 0.5) is 0 Å². The maximum absolute atomic E-state index is 10.8. The zero-order valence-corrected chi connectivity index (χ0v) is 18.1. The van der Waals surface area contributed by atoms with E-state index in [4.69, 9.17) is 0 Å². The van der Waals surface area contributed by atoms with E-state index in [1.54, 1.807) is 0 Å². The minimum absolute atomic E-state index is 0.0661. The van der Waals surface area contributed by atoms with Crippen molar-refractivity contribution in [1.82, 2.24) is 0 Å². The molecule has 2 atom stereocenters. The first-order valence-corrected chi connectivity index (χ1v) is 9.74. The van der Waals surface area contributed by atoms with Gasteiger partial charge in [0, 0.05) is 16.2 Å². The Bertz CT molecular complexity index is 548. The molecule has 0 heterocycles. The van der Waals surface area contributed by atoms with Gasteiger partial charge < -0.3 is 10.2 Å². The van der Waals surface area contributed by atoms with Gasteiger partial charge in [-0.3, -0.25) is 0 Å². The zero-order chi connectivity index (χ0) is 19.6. The first-order valence-electron chi connectivity index (χ1n) is 9.74. The fraction of sp³-hybridized carbons (Fsp3) is 0.826. The van der Waals surface area contributed by atoms with E-state index in [0.717, 1.165) is 12.8 Å². The Balaban J connectivity index is 2.52. The Morgan fingerprint density at radius 1 is 0.720 bits per heavy atom. The molecule has 0 bridgehead atoms. The van der Waals surface area contributed by atoms with E-state index in [1.807, 2.05) is 0 Å². The van der Waals surface area contributed by atoms with Crippen LogP contribution in [0.5, 0.6) is 0 Å². The van der Waals surface area contributed by atoms with Gasteiger partial charge in [0.2, 0.25) is 0 Å². The number of aliphatic hydroxyl groups excluding tert-OH is 2. The molecular weight excluding hydrogens is 308 g/mol. The molecular formula is C23H40O2. The first-order chi connectivity index (χ1) is 10.9. The number of aliphatic hydroxyl groups is 2. The van der Waals surface area contributed by atoms with E-state index in [1.165, 1.54) is 11.1 Å². The molecule has 2 unspecified atom stereocenters. The highest BCUT2D eigenvalue weighted by Gasteiger charge is 2.49. The average Bonchev–Trinajstić information content (AvgIpc) is 2.40. The summed E-state index contributed by atoms with van der Waals surface area (Å²) in [6, 6.07) is 0. The van der Waals surface area contributed by atoms with Crippen LogP contribution in [0.2, 0.25) is 0 Å². The zero-order valence-electron chi connectivity index (χ0n) is 18.1. The average molecular weight is 349 g/mol. The van der Waals surface area contributed by atoms with Crippen LogP contribution < -0.4 is 0 Å². The SMILES string of the molecule is CC(C)(C1=CC(C)(C)C(O)C(C)(C)C1)C1=CC(C)(C)C(O)C(C)(C)C1. The molecule has 25 heavy (non-hydrogen) atoms. The fourth-order valence-electron chi connectivity index (χ4n) is 5.36. The second-order valence-corrected chi connectivity index (χ2v) is 11.7. The van der Waals surface area contributed by atoms with Gasteiger partial charge in [-0.25, -0.2) is 0 Å². The van der Waals surface area contributed by atoms with Gasteiger partial charge in [0.15, 0.2) is 0 Å². The summed E-state index contributed by atoms with van der Waals surface area (Å²) in [5.74, 6) is 0. The predicted molar refractivity (Wildman–Crippen MR) is 106 cm³/mol. The van der Waals surface area contributed by atoms with E-state index < -0.39 is 0 Å². The smallest absolute Gasteiger partial charge is 0.0679 e. The van der Waals surface area contributed by atoms with Crippen molar-refractivity contribution in [3.8, 4) is 0 Å². The summed E-state index contributed by atoms with van der Waals surface area (Å²) in [5.41, 5.74) is 2.05. The van der Waals surface area contributed by atoms with Crippen molar-refractivity contribution in [3.05, 3.63) is 23.3 Å². The van der Waals surface area contributed by atoms with Crippen LogP contribution in [0.15, 0.2) is 23.3 Å². The van der Waals surface area contributed by atoms with Gasteiger partial charge in [-0.15, -0.1) is 0 Å². The molecule has 144 valence electrons. The van der Waals surface area contributed by atoms with E-state index in [2.05, 4.69) is 81.4 Å². The number of rotatable bonds is 2. The Kier molecular flexibility index (Phi) is 4.72. The quantitative estimate of drug-likeness (QED) is 0.647. The van der Waals surface area contributed by atoms with E-state index in [-0.39, 0.29) is 39.3 Å². The summed E-state index contributed by atoms with van der Waals surface area (Å²) in [7, 11) is 0. The highest BCUT2D eigenvalue weighted by Crippen LogP contribution is 2.55. The molecule has 0 saturated carbocycles. The monoisotopic (exact) mass is 348 g/mol. The van der Waals surface area contributed by atoms with Crippen LogP contribution in [0.1, 0.15) is 82.1 Å². The molecule has 0 aliphatic heterocycles. The van der Waals surface area contributed by atoms with Crippen LogP contribution >= 0.6 is 0 Å². The highest BCUT2D eigenvalue weighted by atomic mass is 16.3. The molecule has 2 N–H and O–H groups in total. The van der Waals surface area contributed by atoms with E-state index in [9.17, 15) is 10.2 Å². The molecule has 0 aromatic rings. The minimum Gasteiger partial charge on any atom is -0.392 e. The molecule has 2 rings (SSSR count).